The Morgan fingerprint density at radius 2 is 1.90 bits per heavy atom. The zero-order valence-corrected chi connectivity index (χ0v) is 17.0. The van der Waals surface area contributed by atoms with Gasteiger partial charge in [0.15, 0.2) is 0 Å². The Kier molecular flexibility index (Phi) is 6.90. The van der Waals surface area contributed by atoms with Crippen LogP contribution in [0.25, 0.3) is 11.4 Å². The summed E-state index contributed by atoms with van der Waals surface area (Å²) >= 11 is 0. The first-order valence-corrected chi connectivity index (χ1v) is 9.85. The van der Waals surface area contributed by atoms with E-state index in [1.165, 1.54) is 12.1 Å². The molecule has 0 saturated heterocycles. The number of nitro groups is 1. The molecule has 0 bridgehead atoms. The summed E-state index contributed by atoms with van der Waals surface area (Å²) in [5.41, 5.74) is 1.61. The lowest BCUT2D eigenvalue weighted by Crippen LogP contribution is -2.38. The van der Waals surface area contributed by atoms with Gasteiger partial charge in [-0.05, 0) is 25.8 Å². The second-order valence-corrected chi connectivity index (χ2v) is 7.24. The average Bonchev–Trinajstić information content (AvgIpc) is 3.22. The molecule has 0 unspecified atom stereocenters. The molecule has 156 valence electrons. The van der Waals surface area contributed by atoms with E-state index < -0.39 is 4.92 Å². The largest absolute Gasteiger partial charge is 0.340 e. The number of carbonyl (C=O) groups is 1. The summed E-state index contributed by atoms with van der Waals surface area (Å²) in [6.45, 7) is 4.41. The summed E-state index contributed by atoms with van der Waals surface area (Å²) < 4.78 is 5.29. The fourth-order valence-electron chi connectivity index (χ4n) is 3.16. The molecule has 1 amide bonds. The first kappa shape index (κ1) is 21.2. The maximum Gasteiger partial charge on any atom is 0.270 e. The summed E-state index contributed by atoms with van der Waals surface area (Å²) in [6, 6.07) is 16.1. The van der Waals surface area contributed by atoms with Gasteiger partial charge in [-0.1, -0.05) is 47.6 Å². The summed E-state index contributed by atoms with van der Waals surface area (Å²) in [7, 11) is 0. The number of aromatic nitrogens is 2. The van der Waals surface area contributed by atoms with Crippen LogP contribution in [0.4, 0.5) is 5.69 Å². The van der Waals surface area contributed by atoms with Crippen molar-refractivity contribution in [2.75, 3.05) is 6.54 Å². The Morgan fingerprint density at radius 1 is 1.13 bits per heavy atom. The molecule has 0 aliphatic carbocycles. The predicted molar refractivity (Wildman–Crippen MR) is 112 cm³/mol. The van der Waals surface area contributed by atoms with Crippen LogP contribution in [0.15, 0.2) is 59.1 Å². The summed E-state index contributed by atoms with van der Waals surface area (Å²) in [5.74, 6) is 0.755. The van der Waals surface area contributed by atoms with Crippen LogP contribution in [-0.4, -0.2) is 38.5 Å². The van der Waals surface area contributed by atoms with Gasteiger partial charge in [0.1, 0.15) is 0 Å². The number of nitrogens with zero attached hydrogens (tertiary/aromatic N) is 4. The molecule has 8 nitrogen and oxygen atoms in total. The van der Waals surface area contributed by atoms with Crippen molar-refractivity contribution < 1.29 is 14.2 Å². The van der Waals surface area contributed by atoms with Gasteiger partial charge in [-0.15, -0.1) is 0 Å². The van der Waals surface area contributed by atoms with Crippen molar-refractivity contribution in [3.8, 4) is 11.4 Å². The van der Waals surface area contributed by atoms with Gasteiger partial charge in [0, 0.05) is 43.1 Å². The molecule has 3 rings (SSSR count). The second-order valence-electron chi connectivity index (χ2n) is 7.24. The van der Waals surface area contributed by atoms with Gasteiger partial charge in [0.2, 0.25) is 17.6 Å². The number of benzene rings is 2. The third-order valence-corrected chi connectivity index (χ3v) is 4.76. The van der Waals surface area contributed by atoms with Crippen molar-refractivity contribution in [1.29, 1.82) is 0 Å². The van der Waals surface area contributed by atoms with E-state index in [-0.39, 0.29) is 17.6 Å². The Bertz CT molecular complexity index is 1000. The van der Waals surface area contributed by atoms with Gasteiger partial charge in [0.25, 0.3) is 5.69 Å². The molecule has 0 radical (unpaired) electrons. The van der Waals surface area contributed by atoms with Gasteiger partial charge in [0.05, 0.1) is 4.92 Å². The standard InChI is InChI=1S/C22H24N4O4/c1-16(2)25(21(27)12-11-17-7-4-3-5-8-17)14-13-20-23-22(24-30-20)18-9-6-10-19(15-18)26(28)29/h3-10,15-16H,11-14H2,1-2H3. The summed E-state index contributed by atoms with van der Waals surface area (Å²) in [5, 5.41) is 14.9. The van der Waals surface area contributed by atoms with E-state index in [1.807, 2.05) is 44.2 Å². The molecule has 30 heavy (non-hydrogen) atoms. The smallest absolute Gasteiger partial charge is 0.270 e. The molecular formula is C22H24N4O4. The van der Waals surface area contributed by atoms with Crippen LogP contribution in [0.1, 0.15) is 31.7 Å². The van der Waals surface area contributed by atoms with Gasteiger partial charge in [-0.3, -0.25) is 14.9 Å². The molecular weight excluding hydrogens is 384 g/mol. The quantitative estimate of drug-likeness (QED) is 0.391. The highest BCUT2D eigenvalue weighted by Gasteiger charge is 2.19. The third kappa shape index (κ3) is 5.50. The van der Waals surface area contributed by atoms with E-state index in [9.17, 15) is 14.9 Å². The van der Waals surface area contributed by atoms with Crippen LogP contribution in [0.3, 0.4) is 0 Å². The number of rotatable bonds is 9. The molecule has 0 aliphatic heterocycles. The first-order chi connectivity index (χ1) is 14.4. The van der Waals surface area contributed by atoms with Gasteiger partial charge < -0.3 is 9.42 Å². The van der Waals surface area contributed by atoms with Crippen molar-refractivity contribution in [3.63, 3.8) is 0 Å². The normalized spacial score (nSPS) is 10.9. The Morgan fingerprint density at radius 3 is 2.60 bits per heavy atom. The van der Waals surface area contributed by atoms with Crippen molar-refractivity contribution in [1.82, 2.24) is 15.0 Å². The second kappa shape index (κ2) is 9.78. The Hall–Kier alpha value is -3.55. The number of non-ortho nitro benzene ring substituents is 1. The SMILES string of the molecule is CC(C)N(CCc1nc(-c2cccc([N+](=O)[O-])c2)no1)C(=O)CCc1ccccc1. The molecule has 1 heterocycles. The minimum Gasteiger partial charge on any atom is -0.340 e. The van der Waals surface area contributed by atoms with Gasteiger partial charge in [-0.2, -0.15) is 4.98 Å². The molecule has 0 fully saturated rings. The number of amides is 1. The molecule has 0 atom stereocenters. The third-order valence-electron chi connectivity index (χ3n) is 4.76. The van der Waals surface area contributed by atoms with E-state index in [2.05, 4.69) is 10.1 Å². The monoisotopic (exact) mass is 408 g/mol. The maximum absolute atomic E-state index is 12.7. The molecule has 2 aromatic carbocycles. The predicted octanol–water partition coefficient (Wildman–Crippen LogP) is 4.06. The Labute approximate surface area is 174 Å². The number of hydrogen-bond donors (Lipinski definition) is 0. The molecule has 0 spiro atoms. The lowest BCUT2D eigenvalue weighted by atomic mass is 10.1. The lowest BCUT2D eigenvalue weighted by molar-refractivity contribution is -0.384. The van der Waals surface area contributed by atoms with Crippen molar-refractivity contribution in [3.05, 3.63) is 76.2 Å². The van der Waals surface area contributed by atoms with E-state index >= 15 is 0 Å². The van der Waals surface area contributed by atoms with Gasteiger partial charge >= 0.3 is 0 Å². The summed E-state index contributed by atoms with van der Waals surface area (Å²) in [6.07, 6.45) is 1.54. The molecule has 0 aliphatic rings. The zero-order valence-electron chi connectivity index (χ0n) is 17.0. The minimum atomic E-state index is -0.466. The number of aryl methyl sites for hydroxylation is 1. The number of carbonyl (C=O) groups excluding carboxylic acids is 1. The van der Waals surface area contributed by atoms with Crippen LogP contribution >= 0.6 is 0 Å². The van der Waals surface area contributed by atoms with E-state index in [0.717, 1.165) is 5.56 Å². The van der Waals surface area contributed by atoms with Crippen LogP contribution in [0.5, 0.6) is 0 Å². The minimum absolute atomic E-state index is 0.0335. The fraction of sp³-hybridized carbons (Fsp3) is 0.318. The molecule has 0 saturated carbocycles. The molecule has 1 aromatic heterocycles. The molecule has 0 N–H and O–H groups in total. The topological polar surface area (TPSA) is 102 Å². The van der Waals surface area contributed by atoms with Crippen LogP contribution in [-0.2, 0) is 17.6 Å². The fourth-order valence-corrected chi connectivity index (χ4v) is 3.16. The lowest BCUT2D eigenvalue weighted by Gasteiger charge is -2.26. The highest BCUT2D eigenvalue weighted by Crippen LogP contribution is 2.21. The maximum atomic E-state index is 12.7. The van der Waals surface area contributed by atoms with Crippen LogP contribution in [0.2, 0.25) is 0 Å². The van der Waals surface area contributed by atoms with E-state index in [1.54, 1.807) is 17.0 Å². The van der Waals surface area contributed by atoms with Crippen LogP contribution in [0, 0.1) is 10.1 Å². The highest BCUT2D eigenvalue weighted by molar-refractivity contribution is 5.76. The van der Waals surface area contributed by atoms with Gasteiger partial charge in [-0.25, -0.2) is 0 Å². The van der Waals surface area contributed by atoms with Crippen molar-refractivity contribution >= 4 is 11.6 Å². The van der Waals surface area contributed by atoms with Crippen molar-refractivity contribution in [2.24, 2.45) is 0 Å². The Balaban J connectivity index is 1.61. The van der Waals surface area contributed by atoms with Crippen molar-refractivity contribution in [2.45, 2.75) is 39.2 Å². The molecule has 8 heteroatoms. The van der Waals surface area contributed by atoms with E-state index in [4.69, 9.17) is 4.52 Å². The zero-order chi connectivity index (χ0) is 21.5. The molecule has 3 aromatic rings. The average molecular weight is 408 g/mol. The highest BCUT2D eigenvalue weighted by atomic mass is 16.6. The number of hydrogen-bond acceptors (Lipinski definition) is 6. The summed E-state index contributed by atoms with van der Waals surface area (Å²) in [4.78, 5) is 29.3. The number of nitro benzene ring substituents is 1. The van der Waals surface area contributed by atoms with Crippen LogP contribution < -0.4 is 0 Å². The van der Waals surface area contributed by atoms with E-state index in [0.29, 0.717) is 43.1 Å². The first-order valence-electron chi connectivity index (χ1n) is 9.85.